The predicted octanol–water partition coefficient (Wildman–Crippen LogP) is 17.4. The molecule has 0 aromatic rings. The van der Waals surface area contributed by atoms with Gasteiger partial charge >= 0.3 is 17.9 Å². The summed E-state index contributed by atoms with van der Waals surface area (Å²) in [5.74, 6) is -1.13. The van der Waals surface area contributed by atoms with E-state index >= 15 is 0 Å². The van der Waals surface area contributed by atoms with Gasteiger partial charge in [0.2, 0.25) is 0 Å². The fraction of sp³-hybridized carbons (Fsp3) is 0.525. The normalized spacial score (nSPS) is 13.4. The van der Waals surface area contributed by atoms with Gasteiger partial charge < -0.3 is 14.2 Å². The molecule has 0 spiro atoms. The van der Waals surface area contributed by atoms with Gasteiger partial charge in [0.15, 0.2) is 6.10 Å². The van der Waals surface area contributed by atoms with Crippen LogP contribution in [0.25, 0.3) is 0 Å². The number of allylic oxidation sites excluding steroid dienone is 26. The number of hydrogen-bond acceptors (Lipinski definition) is 6. The first-order chi connectivity index (χ1) is 33.0. The minimum absolute atomic E-state index is 0.151. The molecule has 0 saturated carbocycles. The van der Waals surface area contributed by atoms with Crippen LogP contribution >= 0.6 is 0 Å². The highest BCUT2D eigenvalue weighted by atomic mass is 16.6. The van der Waals surface area contributed by atoms with Crippen LogP contribution in [0.1, 0.15) is 188 Å². The lowest BCUT2D eigenvalue weighted by Gasteiger charge is -2.18. The van der Waals surface area contributed by atoms with Gasteiger partial charge in [-0.05, 0) is 116 Å². The van der Waals surface area contributed by atoms with Gasteiger partial charge in [0.05, 0.1) is 0 Å². The molecule has 372 valence electrons. The molecule has 0 saturated heterocycles. The molecule has 0 bridgehead atoms. The van der Waals surface area contributed by atoms with Crippen molar-refractivity contribution in [3.63, 3.8) is 0 Å². The Balaban J connectivity index is 4.62. The first-order valence-corrected chi connectivity index (χ1v) is 26.0. The number of carbonyl (C=O) groups is 3. The third-order valence-electron chi connectivity index (χ3n) is 10.0. The van der Waals surface area contributed by atoms with Crippen molar-refractivity contribution in [2.24, 2.45) is 0 Å². The van der Waals surface area contributed by atoms with E-state index in [1.165, 1.54) is 19.3 Å². The van der Waals surface area contributed by atoms with Crippen LogP contribution in [0.15, 0.2) is 158 Å². The van der Waals surface area contributed by atoms with Crippen molar-refractivity contribution >= 4 is 17.9 Å². The lowest BCUT2D eigenvalue weighted by atomic mass is 10.1. The summed E-state index contributed by atoms with van der Waals surface area (Å²) in [5.41, 5.74) is 0. The fourth-order valence-electron chi connectivity index (χ4n) is 6.26. The van der Waals surface area contributed by atoms with E-state index in [4.69, 9.17) is 14.2 Å². The molecule has 0 aliphatic carbocycles. The van der Waals surface area contributed by atoms with Crippen molar-refractivity contribution in [3.05, 3.63) is 158 Å². The van der Waals surface area contributed by atoms with Crippen LogP contribution in [-0.2, 0) is 28.6 Å². The van der Waals surface area contributed by atoms with E-state index in [1.807, 2.05) is 24.3 Å². The lowest BCUT2D eigenvalue weighted by molar-refractivity contribution is -0.166. The molecule has 0 aliphatic heterocycles. The first-order valence-electron chi connectivity index (χ1n) is 26.0. The number of rotatable bonds is 44. The molecule has 0 aromatic carbocycles. The molecule has 6 nitrogen and oxygen atoms in total. The molecular formula is C61H92O6. The maximum atomic E-state index is 12.8. The molecule has 0 heterocycles. The number of unbranched alkanes of at least 4 members (excludes halogenated alkanes) is 7. The van der Waals surface area contributed by atoms with Crippen LogP contribution < -0.4 is 0 Å². The third-order valence-corrected chi connectivity index (χ3v) is 10.0. The molecule has 67 heavy (non-hydrogen) atoms. The topological polar surface area (TPSA) is 78.9 Å². The standard InChI is InChI=1S/C61H92O6/c1-4-7-10-13-16-19-22-25-27-29-30-32-33-36-39-42-45-48-51-54-60(63)66-57-58(56-65-59(62)53-50-47-44-41-38-35-24-21-18-15-12-9-6-3)67-61(64)55-52-49-46-43-40-37-34-31-28-26-23-20-17-14-11-8-5-2/h7-12,16-21,25-28,30,32,35-36,38-39,44-45,47-48,58H,4-6,13-15,22-24,29,31,33-34,37,40-43,46,49-57H2,1-3H3/b10-7-,11-8-,12-9-,19-16-,20-17-,21-18-,27-25-,28-26-,32-30-,38-35-,39-36-,47-44-,48-45-. The van der Waals surface area contributed by atoms with Crippen molar-refractivity contribution in [1.29, 1.82) is 0 Å². The van der Waals surface area contributed by atoms with Crippen LogP contribution in [-0.4, -0.2) is 37.2 Å². The molecule has 1 unspecified atom stereocenters. The summed E-state index contributed by atoms with van der Waals surface area (Å²) < 4.78 is 16.6. The average Bonchev–Trinajstić information content (AvgIpc) is 3.33. The van der Waals surface area contributed by atoms with Crippen molar-refractivity contribution in [3.8, 4) is 0 Å². The predicted molar refractivity (Wildman–Crippen MR) is 288 cm³/mol. The van der Waals surface area contributed by atoms with Crippen molar-refractivity contribution in [2.45, 2.75) is 194 Å². The number of carbonyl (C=O) groups excluding carboxylic acids is 3. The second-order valence-electron chi connectivity index (χ2n) is 16.3. The highest BCUT2D eigenvalue weighted by Gasteiger charge is 2.19. The van der Waals surface area contributed by atoms with E-state index in [2.05, 4.69) is 154 Å². The van der Waals surface area contributed by atoms with Crippen molar-refractivity contribution in [1.82, 2.24) is 0 Å². The molecule has 0 radical (unpaired) electrons. The molecule has 6 heteroatoms. The van der Waals surface area contributed by atoms with Crippen molar-refractivity contribution < 1.29 is 28.6 Å². The van der Waals surface area contributed by atoms with Gasteiger partial charge in [-0.25, -0.2) is 0 Å². The summed E-state index contributed by atoms with van der Waals surface area (Å²) in [6.07, 6.45) is 78.2. The Labute approximate surface area is 409 Å². The SMILES string of the molecule is CC/C=C\C/C=C\C/C=C\C/C=C\C/C=C\C/C=C\CCC(=O)OCC(COC(=O)CC/C=C\C/C=C\C/C=C\C/C=C\CC)OC(=O)CCCCCCCCC/C=C\C/C=C\C/C=C\CC. The summed E-state index contributed by atoms with van der Waals surface area (Å²) in [7, 11) is 0. The zero-order valence-electron chi connectivity index (χ0n) is 42.3. The van der Waals surface area contributed by atoms with Crippen LogP contribution in [0.3, 0.4) is 0 Å². The Kier molecular flexibility index (Phi) is 49.7. The molecule has 0 amide bonds. The van der Waals surface area contributed by atoms with Gasteiger partial charge in [-0.2, -0.15) is 0 Å². The summed E-state index contributed by atoms with van der Waals surface area (Å²) in [5, 5.41) is 0. The van der Waals surface area contributed by atoms with Crippen LogP contribution in [0, 0.1) is 0 Å². The summed E-state index contributed by atoms with van der Waals surface area (Å²) in [6, 6.07) is 0. The fourth-order valence-corrected chi connectivity index (χ4v) is 6.26. The van der Waals surface area contributed by atoms with Gasteiger partial charge in [-0.1, -0.05) is 211 Å². The zero-order chi connectivity index (χ0) is 48.6. The number of esters is 3. The quantitative estimate of drug-likeness (QED) is 0.0262. The molecule has 0 aromatic heterocycles. The van der Waals surface area contributed by atoms with E-state index in [0.717, 1.165) is 116 Å². The summed E-state index contributed by atoms with van der Waals surface area (Å²) in [4.78, 5) is 38.0. The molecular weight excluding hydrogens is 829 g/mol. The average molecular weight is 921 g/mol. The molecule has 0 fully saturated rings. The minimum Gasteiger partial charge on any atom is -0.462 e. The van der Waals surface area contributed by atoms with E-state index < -0.39 is 6.10 Å². The summed E-state index contributed by atoms with van der Waals surface area (Å²) in [6.45, 7) is 6.13. The Bertz CT molecular complexity index is 1570. The molecule has 0 aliphatic rings. The van der Waals surface area contributed by atoms with Gasteiger partial charge in [-0.15, -0.1) is 0 Å². The van der Waals surface area contributed by atoms with E-state index in [9.17, 15) is 14.4 Å². The van der Waals surface area contributed by atoms with E-state index in [1.54, 1.807) is 0 Å². The second-order valence-corrected chi connectivity index (χ2v) is 16.3. The van der Waals surface area contributed by atoms with Gasteiger partial charge in [0.25, 0.3) is 0 Å². The first kappa shape index (κ1) is 62.0. The highest BCUT2D eigenvalue weighted by molar-refractivity contribution is 5.71. The van der Waals surface area contributed by atoms with Crippen LogP contribution in [0.2, 0.25) is 0 Å². The van der Waals surface area contributed by atoms with Crippen molar-refractivity contribution in [2.75, 3.05) is 13.2 Å². The largest absolute Gasteiger partial charge is 0.462 e. The maximum Gasteiger partial charge on any atom is 0.306 e. The highest BCUT2D eigenvalue weighted by Crippen LogP contribution is 2.12. The zero-order valence-corrected chi connectivity index (χ0v) is 42.3. The molecule has 1 atom stereocenters. The molecule has 0 N–H and O–H groups in total. The summed E-state index contributed by atoms with van der Waals surface area (Å²) >= 11 is 0. The van der Waals surface area contributed by atoms with E-state index in [0.29, 0.717) is 12.8 Å². The van der Waals surface area contributed by atoms with Crippen LogP contribution in [0.4, 0.5) is 0 Å². The Morgan fingerprint density at radius 2 is 0.567 bits per heavy atom. The maximum absolute atomic E-state index is 12.8. The monoisotopic (exact) mass is 921 g/mol. The minimum atomic E-state index is -0.850. The van der Waals surface area contributed by atoms with Crippen LogP contribution in [0.5, 0.6) is 0 Å². The van der Waals surface area contributed by atoms with Gasteiger partial charge in [-0.3, -0.25) is 14.4 Å². The number of hydrogen-bond donors (Lipinski definition) is 0. The lowest BCUT2D eigenvalue weighted by Crippen LogP contribution is -2.30. The van der Waals surface area contributed by atoms with Gasteiger partial charge in [0.1, 0.15) is 13.2 Å². The Hall–Kier alpha value is -4.97. The molecule has 0 rings (SSSR count). The van der Waals surface area contributed by atoms with E-state index in [-0.39, 0.29) is 50.4 Å². The Morgan fingerprint density at radius 1 is 0.299 bits per heavy atom. The second kappa shape index (κ2) is 53.6. The smallest absolute Gasteiger partial charge is 0.306 e. The van der Waals surface area contributed by atoms with Gasteiger partial charge in [0, 0.05) is 19.3 Å². The third kappa shape index (κ3) is 51.9. The number of ether oxygens (including phenoxy) is 3. The Morgan fingerprint density at radius 3 is 0.896 bits per heavy atom.